The predicted octanol–water partition coefficient (Wildman–Crippen LogP) is 4.77. The van der Waals surface area contributed by atoms with Gasteiger partial charge in [-0.15, -0.1) is 11.3 Å². The van der Waals surface area contributed by atoms with Gasteiger partial charge in [0.05, 0.1) is 15.2 Å². The van der Waals surface area contributed by atoms with Gasteiger partial charge in [0.1, 0.15) is 18.5 Å². The van der Waals surface area contributed by atoms with E-state index >= 15 is 0 Å². The molecule has 1 saturated heterocycles. The van der Waals surface area contributed by atoms with Gasteiger partial charge < -0.3 is 20.1 Å². The van der Waals surface area contributed by atoms with Crippen LogP contribution >= 0.6 is 11.3 Å². The number of carbonyl (C=O) groups excluding carboxylic acids is 1. The number of piperazine rings is 1. The minimum atomic E-state index is -0.608. The molecule has 190 valence electrons. The number of urea groups is 1. The number of β-amino-alcohol motifs (C(OH)–C–C–N with tert-alkyl or cyclic N) is 1. The number of ether oxygens (including phenoxy) is 1. The lowest BCUT2D eigenvalue weighted by molar-refractivity contribution is 0.0526. The number of anilines is 1. The first kappa shape index (κ1) is 23.9. The first-order valence-electron chi connectivity index (χ1n) is 12.7. The van der Waals surface area contributed by atoms with Crippen molar-refractivity contribution in [3.8, 4) is 16.9 Å². The fourth-order valence-corrected chi connectivity index (χ4v) is 6.02. The molecule has 2 amide bonds. The van der Waals surface area contributed by atoms with E-state index in [9.17, 15) is 9.90 Å². The highest BCUT2D eigenvalue weighted by molar-refractivity contribution is 7.18. The van der Waals surface area contributed by atoms with Crippen molar-refractivity contribution >= 4 is 33.3 Å². The molecule has 37 heavy (non-hydrogen) atoms. The third kappa shape index (κ3) is 5.18. The summed E-state index contributed by atoms with van der Waals surface area (Å²) in [4.78, 5) is 21.4. The van der Waals surface area contributed by atoms with E-state index in [4.69, 9.17) is 4.74 Å². The first-order chi connectivity index (χ1) is 18.0. The summed E-state index contributed by atoms with van der Waals surface area (Å²) in [7, 11) is 0. The first-order valence-corrected chi connectivity index (χ1v) is 13.5. The van der Waals surface area contributed by atoms with Gasteiger partial charge in [0, 0.05) is 44.5 Å². The maximum Gasteiger partial charge on any atom is 0.321 e. The summed E-state index contributed by atoms with van der Waals surface area (Å²) in [6, 6.07) is 20.4. The Hall–Kier alpha value is -3.46. The predicted molar refractivity (Wildman–Crippen MR) is 148 cm³/mol. The molecule has 0 spiro atoms. The van der Waals surface area contributed by atoms with Crippen molar-refractivity contribution in [2.24, 2.45) is 0 Å². The molecule has 2 N–H and O–H groups in total. The van der Waals surface area contributed by atoms with Crippen LogP contribution in [0.3, 0.4) is 0 Å². The summed E-state index contributed by atoms with van der Waals surface area (Å²) >= 11 is 1.66. The average molecular weight is 515 g/mol. The molecule has 6 rings (SSSR count). The van der Waals surface area contributed by atoms with Crippen LogP contribution in [0.5, 0.6) is 5.75 Å². The number of fused-ring (bicyclic) bond motifs is 4. The topological polar surface area (TPSA) is 77.9 Å². The van der Waals surface area contributed by atoms with Gasteiger partial charge in [-0.05, 0) is 59.9 Å². The monoisotopic (exact) mass is 514 g/mol. The molecule has 8 heteroatoms. The Labute approximate surface area is 220 Å². The highest BCUT2D eigenvalue weighted by Crippen LogP contribution is 2.37. The zero-order chi connectivity index (χ0) is 25.4. The Morgan fingerprint density at radius 2 is 1.86 bits per heavy atom. The van der Waals surface area contributed by atoms with Gasteiger partial charge in [-0.1, -0.05) is 30.3 Å². The fraction of sp³-hybridized carbons (Fsp3) is 0.310. The molecule has 1 aromatic heterocycles. The van der Waals surface area contributed by atoms with Crippen LogP contribution in [0.25, 0.3) is 21.3 Å². The van der Waals surface area contributed by atoms with E-state index in [0.29, 0.717) is 38.5 Å². The summed E-state index contributed by atoms with van der Waals surface area (Å²) in [5.41, 5.74) is 6.88. The van der Waals surface area contributed by atoms with Crippen molar-refractivity contribution in [1.82, 2.24) is 14.8 Å². The van der Waals surface area contributed by atoms with Crippen LogP contribution in [0.4, 0.5) is 10.5 Å². The zero-order valence-electron chi connectivity index (χ0n) is 20.8. The van der Waals surface area contributed by atoms with Gasteiger partial charge in [-0.3, -0.25) is 4.90 Å². The summed E-state index contributed by atoms with van der Waals surface area (Å²) in [5.74, 6) is 0.716. The molecule has 1 aliphatic carbocycles. The van der Waals surface area contributed by atoms with E-state index in [0.717, 1.165) is 27.3 Å². The average Bonchev–Trinajstić information content (AvgIpc) is 3.46. The van der Waals surface area contributed by atoms with E-state index in [1.165, 1.54) is 22.3 Å². The largest absolute Gasteiger partial charge is 0.491 e. The van der Waals surface area contributed by atoms with Crippen LogP contribution in [0, 0.1) is 6.92 Å². The maximum absolute atomic E-state index is 12.9. The van der Waals surface area contributed by atoms with Gasteiger partial charge >= 0.3 is 6.03 Å². The molecule has 0 bridgehead atoms. The molecule has 1 atom stereocenters. The van der Waals surface area contributed by atoms with Crippen LogP contribution in [0.1, 0.15) is 16.1 Å². The number of aryl methyl sites for hydroxylation is 1. The lowest BCUT2D eigenvalue weighted by atomic mass is 10.1. The van der Waals surface area contributed by atoms with E-state index in [-0.39, 0.29) is 12.6 Å². The molecule has 1 fully saturated rings. The van der Waals surface area contributed by atoms with Crippen molar-refractivity contribution in [2.75, 3.05) is 44.6 Å². The normalized spacial score (nSPS) is 15.9. The number of hydrogen-bond acceptors (Lipinski definition) is 6. The molecule has 0 saturated carbocycles. The molecule has 0 unspecified atom stereocenters. The Balaban J connectivity index is 0.963. The Bertz CT molecular complexity index is 1440. The lowest BCUT2D eigenvalue weighted by Crippen LogP contribution is -2.52. The van der Waals surface area contributed by atoms with E-state index in [2.05, 4.69) is 51.6 Å². The second kappa shape index (κ2) is 10.1. The third-order valence-electron chi connectivity index (χ3n) is 7.08. The minimum Gasteiger partial charge on any atom is -0.491 e. The van der Waals surface area contributed by atoms with Crippen molar-refractivity contribution in [2.45, 2.75) is 19.4 Å². The molecular formula is C29H30N4O3S. The number of nitrogens with one attached hydrogen (secondary N) is 1. The lowest BCUT2D eigenvalue weighted by Gasteiger charge is -2.35. The smallest absolute Gasteiger partial charge is 0.321 e. The van der Waals surface area contributed by atoms with Gasteiger partial charge in [-0.2, -0.15) is 0 Å². The van der Waals surface area contributed by atoms with E-state index < -0.39 is 6.10 Å². The Morgan fingerprint density at radius 3 is 2.73 bits per heavy atom. The number of thiazole rings is 1. The Kier molecular flexibility index (Phi) is 6.54. The number of aromatic nitrogens is 1. The van der Waals surface area contributed by atoms with Crippen LogP contribution in [0.15, 0.2) is 60.7 Å². The van der Waals surface area contributed by atoms with E-state index in [1.54, 1.807) is 11.3 Å². The van der Waals surface area contributed by atoms with Gasteiger partial charge in [0.15, 0.2) is 0 Å². The molecule has 4 aromatic rings. The van der Waals surface area contributed by atoms with Crippen LogP contribution in [-0.4, -0.2) is 71.4 Å². The highest BCUT2D eigenvalue weighted by atomic mass is 32.1. The van der Waals surface area contributed by atoms with Crippen molar-refractivity contribution in [3.05, 3.63) is 76.8 Å². The second-order valence-electron chi connectivity index (χ2n) is 9.75. The van der Waals surface area contributed by atoms with Gasteiger partial charge in [-0.25, -0.2) is 9.78 Å². The SMILES string of the molecule is Cc1nc2cc(OC[C@H](O)CN3CCN(C(=O)Nc4ccc5c(c4)Cc4ccccc4-5)CC3)ccc2s1. The standard InChI is InChI=1S/C29H30N4O3S/c1-19-30-27-16-24(7-9-28(27)37-19)36-18-23(34)17-32-10-12-33(13-11-32)29(35)31-22-6-8-26-21(15-22)14-20-4-2-3-5-25(20)26/h2-9,15-16,23,34H,10-14,17-18H2,1H3,(H,31,35)/t23-/m1/s1. The summed E-state index contributed by atoms with van der Waals surface area (Å²) in [5, 5.41) is 14.6. The molecule has 2 aliphatic rings. The van der Waals surface area contributed by atoms with E-state index in [1.807, 2.05) is 36.1 Å². The van der Waals surface area contributed by atoms with Crippen molar-refractivity contribution in [1.29, 1.82) is 0 Å². The van der Waals surface area contributed by atoms with Crippen LogP contribution in [0.2, 0.25) is 0 Å². The minimum absolute atomic E-state index is 0.0772. The Morgan fingerprint density at radius 1 is 1.05 bits per heavy atom. The molecule has 1 aliphatic heterocycles. The number of nitrogens with zero attached hydrogens (tertiary/aromatic N) is 3. The van der Waals surface area contributed by atoms with Gasteiger partial charge in [0.2, 0.25) is 0 Å². The number of rotatable bonds is 6. The summed E-state index contributed by atoms with van der Waals surface area (Å²) in [6.07, 6.45) is 0.294. The number of carbonyl (C=O) groups is 1. The number of aliphatic hydroxyl groups excluding tert-OH is 1. The van der Waals surface area contributed by atoms with Crippen LogP contribution in [-0.2, 0) is 6.42 Å². The van der Waals surface area contributed by atoms with Crippen LogP contribution < -0.4 is 10.1 Å². The molecule has 3 aromatic carbocycles. The van der Waals surface area contributed by atoms with Crippen molar-refractivity contribution < 1.29 is 14.6 Å². The summed E-state index contributed by atoms with van der Waals surface area (Å²) in [6.45, 7) is 5.40. The number of aliphatic hydroxyl groups is 1. The maximum atomic E-state index is 12.9. The quantitative estimate of drug-likeness (QED) is 0.342. The fourth-order valence-electron chi connectivity index (χ4n) is 5.21. The molecule has 2 heterocycles. The molecule has 7 nitrogen and oxygen atoms in total. The highest BCUT2D eigenvalue weighted by Gasteiger charge is 2.24. The number of benzene rings is 3. The summed E-state index contributed by atoms with van der Waals surface area (Å²) < 4.78 is 6.95. The number of amides is 2. The number of hydrogen-bond donors (Lipinski definition) is 2. The molecule has 0 radical (unpaired) electrons. The van der Waals surface area contributed by atoms with Gasteiger partial charge in [0.25, 0.3) is 0 Å². The molecular weight excluding hydrogens is 484 g/mol. The van der Waals surface area contributed by atoms with Crippen molar-refractivity contribution in [3.63, 3.8) is 0 Å². The second-order valence-corrected chi connectivity index (χ2v) is 11.0. The third-order valence-corrected chi connectivity index (χ3v) is 8.03. The zero-order valence-corrected chi connectivity index (χ0v) is 21.6.